The zero-order chi connectivity index (χ0) is 20.5. The lowest BCUT2D eigenvalue weighted by Crippen LogP contribution is -2.49. The molecule has 0 bridgehead atoms. The van der Waals surface area contributed by atoms with E-state index in [1.54, 1.807) is 4.90 Å². The molecular weight excluding hydrogens is 402 g/mol. The minimum Gasteiger partial charge on any atom is -0.340 e. The molecule has 2 fully saturated rings. The average molecular weight is 430 g/mol. The van der Waals surface area contributed by atoms with Crippen LogP contribution in [0.25, 0.3) is 0 Å². The molecule has 3 rings (SSSR count). The summed E-state index contributed by atoms with van der Waals surface area (Å²) in [7, 11) is -7.34. The van der Waals surface area contributed by atoms with Crippen molar-refractivity contribution >= 4 is 26.0 Å². The third kappa shape index (κ3) is 4.24. The van der Waals surface area contributed by atoms with Gasteiger partial charge in [0.1, 0.15) is 0 Å². The molecule has 2 saturated heterocycles. The summed E-state index contributed by atoms with van der Waals surface area (Å²) in [4.78, 5) is 13.2. The molecule has 8 nitrogen and oxygen atoms in total. The van der Waals surface area contributed by atoms with Gasteiger partial charge >= 0.3 is 0 Å². The third-order valence-electron chi connectivity index (χ3n) is 5.40. The Hall–Kier alpha value is -1.49. The summed E-state index contributed by atoms with van der Waals surface area (Å²) in [6.07, 6.45) is 1.85. The van der Waals surface area contributed by atoms with Gasteiger partial charge in [-0.05, 0) is 43.0 Å². The van der Waals surface area contributed by atoms with Crippen LogP contribution < -0.4 is 0 Å². The molecule has 1 atom stereocenters. The molecule has 2 aliphatic heterocycles. The Bertz CT molecular complexity index is 920. The van der Waals surface area contributed by atoms with Crippen molar-refractivity contribution in [3.05, 3.63) is 24.3 Å². The topological polar surface area (TPSA) is 95.1 Å². The smallest absolute Gasteiger partial charge is 0.243 e. The maximum Gasteiger partial charge on any atom is 0.243 e. The number of amides is 1. The van der Waals surface area contributed by atoms with Gasteiger partial charge in [-0.3, -0.25) is 4.79 Å². The van der Waals surface area contributed by atoms with Crippen molar-refractivity contribution < 1.29 is 21.6 Å². The number of hydrogen-bond donors (Lipinski definition) is 0. The predicted molar refractivity (Wildman–Crippen MR) is 105 cm³/mol. The quantitative estimate of drug-likeness (QED) is 0.710. The normalized spacial score (nSPS) is 22.9. The lowest BCUT2D eigenvalue weighted by Gasteiger charge is -2.33. The van der Waals surface area contributed by atoms with Crippen LogP contribution in [0.5, 0.6) is 0 Å². The van der Waals surface area contributed by atoms with Crippen molar-refractivity contribution in [3.8, 4) is 0 Å². The van der Waals surface area contributed by atoms with Crippen LogP contribution >= 0.6 is 0 Å². The first-order valence-electron chi connectivity index (χ1n) is 9.48. The molecule has 1 aromatic rings. The first kappa shape index (κ1) is 21.2. The number of carbonyl (C=O) groups is 1. The number of carbonyl (C=O) groups excluding carboxylic acids is 1. The van der Waals surface area contributed by atoms with Crippen molar-refractivity contribution in [1.29, 1.82) is 0 Å². The van der Waals surface area contributed by atoms with E-state index in [-0.39, 0.29) is 28.8 Å². The maximum atomic E-state index is 12.8. The molecule has 2 aliphatic rings. The molecule has 0 saturated carbocycles. The second-order valence-corrected chi connectivity index (χ2v) is 11.4. The fourth-order valence-electron chi connectivity index (χ4n) is 3.69. The summed E-state index contributed by atoms with van der Waals surface area (Å²) < 4.78 is 54.1. The standard InChI is InChI=1S/C18H27N3O5S2/c1-15-4-3-9-21(14-15)28(25,26)18-7-5-17(6-8-18)27(23,24)20-12-10-19(11-13-20)16(2)22/h5-8,15H,3-4,9-14H2,1-2H3/t15-/m0/s1. The van der Waals surface area contributed by atoms with Gasteiger partial charge in [-0.15, -0.1) is 0 Å². The second-order valence-electron chi connectivity index (χ2n) is 7.49. The van der Waals surface area contributed by atoms with Crippen molar-refractivity contribution in [1.82, 2.24) is 13.5 Å². The molecule has 2 heterocycles. The first-order valence-corrected chi connectivity index (χ1v) is 12.4. The maximum absolute atomic E-state index is 12.8. The van der Waals surface area contributed by atoms with Gasteiger partial charge in [0, 0.05) is 46.2 Å². The van der Waals surface area contributed by atoms with Crippen LogP contribution in [0.4, 0.5) is 0 Å². The fourth-order valence-corrected chi connectivity index (χ4v) is 6.71. The third-order valence-corrected chi connectivity index (χ3v) is 9.20. The highest BCUT2D eigenvalue weighted by Crippen LogP contribution is 2.25. The van der Waals surface area contributed by atoms with Crippen LogP contribution in [0.3, 0.4) is 0 Å². The van der Waals surface area contributed by atoms with Crippen LogP contribution in [-0.4, -0.2) is 75.5 Å². The predicted octanol–water partition coefficient (Wildman–Crippen LogP) is 0.960. The van der Waals surface area contributed by atoms with E-state index in [2.05, 4.69) is 0 Å². The molecule has 0 aromatic heterocycles. The molecule has 28 heavy (non-hydrogen) atoms. The number of sulfonamides is 2. The molecular formula is C18H27N3O5S2. The highest BCUT2D eigenvalue weighted by Gasteiger charge is 2.31. The van der Waals surface area contributed by atoms with E-state index < -0.39 is 20.0 Å². The minimum atomic E-state index is -3.72. The van der Waals surface area contributed by atoms with Crippen molar-refractivity contribution in [2.24, 2.45) is 5.92 Å². The van der Waals surface area contributed by atoms with Crippen LogP contribution in [0.1, 0.15) is 26.7 Å². The van der Waals surface area contributed by atoms with Gasteiger partial charge in [-0.2, -0.15) is 8.61 Å². The highest BCUT2D eigenvalue weighted by atomic mass is 32.2. The number of nitrogens with zero attached hydrogens (tertiary/aromatic N) is 3. The molecule has 156 valence electrons. The molecule has 0 unspecified atom stereocenters. The zero-order valence-corrected chi connectivity index (χ0v) is 17.9. The van der Waals surface area contributed by atoms with E-state index in [4.69, 9.17) is 0 Å². The summed E-state index contributed by atoms with van der Waals surface area (Å²) in [5.41, 5.74) is 0. The van der Waals surface area contributed by atoms with Crippen LogP contribution in [0.15, 0.2) is 34.1 Å². The minimum absolute atomic E-state index is 0.0646. The van der Waals surface area contributed by atoms with Crippen LogP contribution in [0, 0.1) is 5.92 Å². The van der Waals surface area contributed by atoms with Gasteiger partial charge in [0.05, 0.1) is 9.79 Å². The summed E-state index contributed by atoms with van der Waals surface area (Å²) in [6, 6.07) is 5.44. The van der Waals surface area contributed by atoms with Crippen LogP contribution in [0.2, 0.25) is 0 Å². The van der Waals surface area contributed by atoms with E-state index >= 15 is 0 Å². The van der Waals surface area contributed by atoms with Gasteiger partial charge < -0.3 is 4.90 Å². The van der Waals surface area contributed by atoms with Gasteiger partial charge in [-0.1, -0.05) is 6.92 Å². The number of piperidine rings is 1. The van der Waals surface area contributed by atoms with Crippen molar-refractivity contribution in [2.45, 2.75) is 36.5 Å². The Morgan fingerprint density at radius 3 is 1.82 bits per heavy atom. The summed E-state index contributed by atoms with van der Waals surface area (Å²) >= 11 is 0. The van der Waals surface area contributed by atoms with E-state index in [0.717, 1.165) is 12.8 Å². The largest absolute Gasteiger partial charge is 0.340 e. The van der Waals surface area contributed by atoms with E-state index in [1.165, 1.54) is 39.8 Å². The summed E-state index contributed by atoms with van der Waals surface area (Å²) in [5, 5.41) is 0. The SMILES string of the molecule is CC(=O)N1CCN(S(=O)(=O)c2ccc(S(=O)(=O)N3CCC[C@H](C)C3)cc2)CC1. The van der Waals surface area contributed by atoms with E-state index in [9.17, 15) is 21.6 Å². The van der Waals surface area contributed by atoms with Crippen molar-refractivity contribution in [2.75, 3.05) is 39.3 Å². The summed E-state index contributed by atoms with van der Waals surface area (Å²) in [5.74, 6) is 0.246. The first-order chi connectivity index (χ1) is 13.1. The van der Waals surface area contributed by atoms with Crippen molar-refractivity contribution in [3.63, 3.8) is 0 Å². The number of rotatable bonds is 4. The average Bonchev–Trinajstić information content (AvgIpc) is 2.68. The number of benzene rings is 1. The lowest BCUT2D eigenvalue weighted by atomic mass is 10.0. The van der Waals surface area contributed by atoms with Gasteiger partial charge in [0.15, 0.2) is 0 Å². The molecule has 0 radical (unpaired) electrons. The Kier molecular flexibility index (Phi) is 6.14. The Morgan fingerprint density at radius 1 is 0.857 bits per heavy atom. The fraction of sp³-hybridized carbons (Fsp3) is 0.611. The van der Waals surface area contributed by atoms with Gasteiger partial charge in [-0.25, -0.2) is 16.8 Å². The molecule has 0 N–H and O–H groups in total. The Balaban J connectivity index is 1.76. The zero-order valence-electron chi connectivity index (χ0n) is 16.2. The lowest BCUT2D eigenvalue weighted by molar-refractivity contribution is -0.129. The molecule has 1 aromatic carbocycles. The summed E-state index contributed by atoms with van der Waals surface area (Å²) in [6.45, 7) is 5.65. The molecule has 0 aliphatic carbocycles. The number of piperazine rings is 1. The monoisotopic (exact) mass is 429 g/mol. The van der Waals surface area contributed by atoms with E-state index in [0.29, 0.717) is 32.1 Å². The molecule has 10 heteroatoms. The molecule has 0 spiro atoms. The second kappa shape index (κ2) is 8.10. The van der Waals surface area contributed by atoms with Gasteiger partial charge in [0.25, 0.3) is 0 Å². The highest BCUT2D eigenvalue weighted by molar-refractivity contribution is 7.89. The molecule has 1 amide bonds. The Morgan fingerprint density at radius 2 is 1.36 bits per heavy atom. The Labute approximate surface area is 167 Å². The number of hydrogen-bond acceptors (Lipinski definition) is 5. The van der Waals surface area contributed by atoms with Gasteiger partial charge in [0.2, 0.25) is 26.0 Å². The van der Waals surface area contributed by atoms with E-state index in [1.807, 2.05) is 6.92 Å². The van der Waals surface area contributed by atoms with Crippen LogP contribution in [-0.2, 0) is 24.8 Å².